The van der Waals surface area contributed by atoms with Gasteiger partial charge < -0.3 is 10.7 Å². The van der Waals surface area contributed by atoms with E-state index in [0.717, 1.165) is 5.69 Å². The van der Waals surface area contributed by atoms with E-state index in [0.29, 0.717) is 17.9 Å². The number of nitrogens with one attached hydrogen (secondary N) is 2. The molecule has 0 aliphatic carbocycles. The molecule has 0 unspecified atom stereocenters. The summed E-state index contributed by atoms with van der Waals surface area (Å²) in [6.07, 6.45) is 3.20. The number of nitrogens with zero attached hydrogens (tertiary/aromatic N) is 2. The lowest BCUT2D eigenvalue weighted by molar-refractivity contribution is 0.0945. The van der Waals surface area contributed by atoms with Crippen molar-refractivity contribution < 1.29 is 4.79 Å². The van der Waals surface area contributed by atoms with Crippen molar-refractivity contribution in [2.24, 2.45) is 5.84 Å². The largest absolute Gasteiger partial charge is 0.345 e. The Hall–Kier alpha value is -2.47. The lowest BCUT2D eigenvalue weighted by Gasteiger charge is -2.05. The smallest absolute Gasteiger partial charge is 0.270 e. The van der Waals surface area contributed by atoms with Crippen LogP contribution in [0.25, 0.3) is 0 Å². The van der Waals surface area contributed by atoms with Gasteiger partial charge in [0.15, 0.2) is 0 Å². The first-order valence-corrected chi connectivity index (χ1v) is 5.40. The van der Waals surface area contributed by atoms with Crippen LogP contribution < -0.4 is 16.6 Å². The van der Waals surface area contributed by atoms with Crippen LogP contribution in [0.1, 0.15) is 16.2 Å². The third-order valence-corrected chi connectivity index (χ3v) is 2.32. The molecule has 2 aromatic heterocycles. The summed E-state index contributed by atoms with van der Waals surface area (Å²) in [4.78, 5) is 19.9. The molecule has 0 spiro atoms. The molecule has 0 aliphatic heterocycles. The fraction of sp³-hybridized carbons (Fsp3) is 0.0833. The second-order valence-electron chi connectivity index (χ2n) is 3.58. The maximum Gasteiger partial charge on any atom is 0.270 e. The van der Waals surface area contributed by atoms with Crippen molar-refractivity contribution >= 4 is 11.6 Å². The molecule has 0 saturated carbocycles. The van der Waals surface area contributed by atoms with Crippen molar-refractivity contribution in [2.75, 3.05) is 5.43 Å². The predicted octanol–water partition coefficient (Wildman–Crippen LogP) is 0.692. The zero-order valence-corrected chi connectivity index (χ0v) is 9.63. The van der Waals surface area contributed by atoms with E-state index in [2.05, 4.69) is 20.7 Å². The first kappa shape index (κ1) is 12.0. The highest BCUT2D eigenvalue weighted by atomic mass is 16.1. The van der Waals surface area contributed by atoms with Gasteiger partial charge in [0, 0.05) is 12.4 Å². The molecule has 92 valence electrons. The summed E-state index contributed by atoms with van der Waals surface area (Å²) in [6.45, 7) is 0.363. The Balaban J connectivity index is 1.99. The monoisotopic (exact) mass is 243 g/mol. The average molecular weight is 243 g/mol. The van der Waals surface area contributed by atoms with Crippen LogP contribution in [0.15, 0.2) is 42.7 Å². The fourth-order valence-corrected chi connectivity index (χ4v) is 1.41. The maximum absolute atomic E-state index is 11.8. The molecule has 18 heavy (non-hydrogen) atoms. The molecule has 6 nitrogen and oxygen atoms in total. The fourth-order valence-electron chi connectivity index (χ4n) is 1.41. The molecule has 4 N–H and O–H groups in total. The van der Waals surface area contributed by atoms with Gasteiger partial charge in [0.05, 0.1) is 17.9 Å². The Bertz CT molecular complexity index is 529. The number of hydrogen-bond donors (Lipinski definition) is 3. The van der Waals surface area contributed by atoms with E-state index in [9.17, 15) is 4.79 Å². The highest BCUT2D eigenvalue weighted by Gasteiger charge is 2.07. The summed E-state index contributed by atoms with van der Waals surface area (Å²) < 4.78 is 0. The number of pyridine rings is 2. The quantitative estimate of drug-likeness (QED) is 0.542. The number of hydrogen-bond acceptors (Lipinski definition) is 5. The molecule has 6 heteroatoms. The molecular formula is C12H13N5O. The molecular weight excluding hydrogens is 230 g/mol. The third kappa shape index (κ3) is 3.02. The van der Waals surface area contributed by atoms with Gasteiger partial charge in [0.25, 0.3) is 5.91 Å². The molecule has 0 saturated heterocycles. The van der Waals surface area contributed by atoms with Crippen LogP contribution in [0.5, 0.6) is 0 Å². The van der Waals surface area contributed by atoms with E-state index in [1.165, 1.54) is 6.20 Å². The van der Waals surface area contributed by atoms with Crippen LogP contribution in [0.2, 0.25) is 0 Å². The van der Waals surface area contributed by atoms with Crippen LogP contribution in [-0.4, -0.2) is 15.9 Å². The normalized spacial score (nSPS) is 9.83. The van der Waals surface area contributed by atoms with Crippen LogP contribution >= 0.6 is 0 Å². The minimum absolute atomic E-state index is 0.266. The predicted molar refractivity (Wildman–Crippen MR) is 67.5 cm³/mol. The summed E-state index contributed by atoms with van der Waals surface area (Å²) in [5.74, 6) is 5.00. The number of hydrazine groups is 1. The minimum atomic E-state index is -0.266. The highest BCUT2D eigenvalue weighted by molar-refractivity contribution is 5.92. The number of amides is 1. The van der Waals surface area contributed by atoms with Gasteiger partial charge in [-0.15, -0.1) is 0 Å². The van der Waals surface area contributed by atoms with Gasteiger partial charge in [-0.3, -0.25) is 20.6 Å². The Morgan fingerprint density at radius 3 is 2.83 bits per heavy atom. The molecule has 0 atom stereocenters. The number of aromatic nitrogens is 2. The van der Waals surface area contributed by atoms with E-state index in [-0.39, 0.29) is 5.91 Å². The molecule has 2 rings (SSSR count). The Labute approximate surface area is 104 Å². The van der Waals surface area contributed by atoms with Crippen molar-refractivity contribution in [1.29, 1.82) is 0 Å². The molecule has 0 bridgehead atoms. The molecule has 0 aliphatic rings. The van der Waals surface area contributed by atoms with Crippen LogP contribution in [0.3, 0.4) is 0 Å². The number of anilines is 1. The van der Waals surface area contributed by atoms with Crippen LogP contribution in [0.4, 0.5) is 5.69 Å². The van der Waals surface area contributed by atoms with Gasteiger partial charge in [0.2, 0.25) is 0 Å². The third-order valence-electron chi connectivity index (χ3n) is 2.32. The number of carbonyl (C=O) groups is 1. The van der Waals surface area contributed by atoms with Crippen LogP contribution in [0, 0.1) is 0 Å². The van der Waals surface area contributed by atoms with Crippen LogP contribution in [-0.2, 0) is 6.54 Å². The van der Waals surface area contributed by atoms with E-state index in [4.69, 9.17) is 5.84 Å². The second-order valence-corrected chi connectivity index (χ2v) is 3.58. The number of rotatable bonds is 4. The van der Waals surface area contributed by atoms with E-state index >= 15 is 0 Å². The Kier molecular flexibility index (Phi) is 3.83. The van der Waals surface area contributed by atoms with Crippen molar-refractivity contribution in [3.63, 3.8) is 0 Å². The summed E-state index contributed by atoms with van der Waals surface area (Å²) in [7, 11) is 0. The maximum atomic E-state index is 11.8. The topological polar surface area (TPSA) is 92.9 Å². The lowest BCUT2D eigenvalue weighted by Crippen LogP contribution is -2.24. The summed E-state index contributed by atoms with van der Waals surface area (Å²) >= 11 is 0. The van der Waals surface area contributed by atoms with Gasteiger partial charge in [-0.05, 0) is 24.3 Å². The highest BCUT2D eigenvalue weighted by Crippen LogP contribution is 2.06. The second kappa shape index (κ2) is 5.74. The minimum Gasteiger partial charge on any atom is -0.345 e. The van der Waals surface area contributed by atoms with E-state index in [1.54, 1.807) is 18.3 Å². The first-order valence-electron chi connectivity index (χ1n) is 5.40. The summed E-state index contributed by atoms with van der Waals surface area (Å²) in [5, 5.41) is 2.73. The summed E-state index contributed by atoms with van der Waals surface area (Å²) in [6, 6.07) is 8.78. The zero-order chi connectivity index (χ0) is 12.8. The zero-order valence-electron chi connectivity index (χ0n) is 9.63. The molecule has 0 fully saturated rings. The average Bonchev–Trinajstić information content (AvgIpc) is 2.46. The number of carbonyl (C=O) groups excluding carboxylic acids is 1. The summed E-state index contributed by atoms with van der Waals surface area (Å²) in [5.41, 5.74) is 4.19. The SMILES string of the molecule is NNc1ccnc(C(=O)NCc2ccccn2)c1. The number of nitrogen functional groups attached to an aromatic ring is 1. The van der Waals surface area contributed by atoms with Gasteiger partial charge in [0.1, 0.15) is 5.69 Å². The van der Waals surface area contributed by atoms with Crippen molar-refractivity contribution in [1.82, 2.24) is 15.3 Å². The van der Waals surface area contributed by atoms with Gasteiger partial charge in [-0.25, -0.2) is 0 Å². The van der Waals surface area contributed by atoms with Gasteiger partial charge in [-0.2, -0.15) is 0 Å². The molecule has 1 amide bonds. The molecule has 0 aromatic carbocycles. The van der Waals surface area contributed by atoms with Crippen molar-refractivity contribution in [3.8, 4) is 0 Å². The van der Waals surface area contributed by atoms with E-state index < -0.39 is 0 Å². The van der Waals surface area contributed by atoms with Gasteiger partial charge >= 0.3 is 0 Å². The Morgan fingerprint density at radius 2 is 2.11 bits per heavy atom. The Morgan fingerprint density at radius 1 is 1.22 bits per heavy atom. The standard InChI is InChI=1S/C12H13N5O/c13-17-9-4-6-15-11(7-9)12(18)16-8-10-3-1-2-5-14-10/h1-7H,8,13H2,(H,15,17)(H,16,18). The molecule has 2 heterocycles. The molecule has 2 aromatic rings. The first-order chi connectivity index (χ1) is 8.79. The number of nitrogens with two attached hydrogens (primary N) is 1. The van der Waals surface area contributed by atoms with E-state index in [1.807, 2.05) is 18.2 Å². The van der Waals surface area contributed by atoms with Gasteiger partial charge in [-0.1, -0.05) is 6.07 Å². The lowest BCUT2D eigenvalue weighted by atomic mass is 10.3. The van der Waals surface area contributed by atoms with Crippen molar-refractivity contribution in [2.45, 2.75) is 6.54 Å². The molecule has 0 radical (unpaired) electrons. The van der Waals surface area contributed by atoms with Crippen molar-refractivity contribution in [3.05, 3.63) is 54.1 Å².